The van der Waals surface area contributed by atoms with E-state index in [1.165, 1.54) is 18.4 Å². The molecule has 2 fully saturated rings. The van der Waals surface area contributed by atoms with Gasteiger partial charge in [-0.05, 0) is 25.3 Å². The summed E-state index contributed by atoms with van der Waals surface area (Å²) < 4.78 is 12.1. The lowest BCUT2D eigenvalue weighted by molar-refractivity contribution is -0.167. The highest BCUT2D eigenvalue weighted by molar-refractivity contribution is 5.20. The molecule has 1 aromatic carbocycles. The van der Waals surface area contributed by atoms with Crippen LogP contribution < -0.4 is 0 Å². The van der Waals surface area contributed by atoms with Gasteiger partial charge in [-0.3, -0.25) is 0 Å². The Bertz CT molecular complexity index is 354. The molecule has 1 heterocycles. The molecule has 2 unspecified atom stereocenters. The molecule has 1 saturated carbocycles. The minimum atomic E-state index is -0.326. The zero-order valence-electron chi connectivity index (χ0n) is 9.39. The minimum Gasteiger partial charge on any atom is -0.344 e. The second kappa shape index (κ2) is 3.86. The second-order valence-electron chi connectivity index (χ2n) is 4.72. The third-order valence-corrected chi connectivity index (χ3v) is 3.54. The highest BCUT2D eigenvalue weighted by atomic mass is 16.8. The molecular weight excluding hydrogens is 200 g/mol. The molecule has 2 atom stereocenters. The fraction of sp³-hybridized carbons (Fsp3) is 0.500. The third kappa shape index (κ3) is 1.66. The van der Waals surface area contributed by atoms with Crippen molar-refractivity contribution in [1.82, 2.24) is 0 Å². The third-order valence-electron chi connectivity index (χ3n) is 3.54. The average Bonchev–Trinajstić information content (AvgIpc) is 2.88. The van der Waals surface area contributed by atoms with Crippen LogP contribution in [-0.4, -0.2) is 11.9 Å². The first kappa shape index (κ1) is 10.3. The van der Waals surface area contributed by atoms with E-state index >= 15 is 0 Å². The van der Waals surface area contributed by atoms with Crippen molar-refractivity contribution < 1.29 is 9.47 Å². The summed E-state index contributed by atoms with van der Waals surface area (Å²) in [5.74, 6) is -0.326. The fourth-order valence-corrected chi connectivity index (χ4v) is 2.75. The molecule has 1 aliphatic carbocycles. The van der Waals surface area contributed by atoms with E-state index in [1.807, 2.05) is 18.2 Å². The van der Waals surface area contributed by atoms with Crippen molar-refractivity contribution in [3.8, 4) is 0 Å². The van der Waals surface area contributed by atoms with Gasteiger partial charge in [0.25, 0.3) is 0 Å². The molecule has 16 heavy (non-hydrogen) atoms. The Labute approximate surface area is 96.6 Å². The Balaban J connectivity index is 1.83. The first-order valence-electron chi connectivity index (χ1n) is 6.03. The maximum atomic E-state index is 6.12. The van der Waals surface area contributed by atoms with Crippen LogP contribution in [0.4, 0.5) is 0 Å². The summed E-state index contributed by atoms with van der Waals surface area (Å²) >= 11 is 0. The van der Waals surface area contributed by atoms with E-state index < -0.39 is 0 Å². The molecule has 1 aliphatic heterocycles. The van der Waals surface area contributed by atoms with Crippen LogP contribution in [0, 0.1) is 6.92 Å². The highest BCUT2D eigenvalue weighted by Crippen LogP contribution is 2.46. The van der Waals surface area contributed by atoms with Gasteiger partial charge in [0, 0.05) is 12.8 Å². The van der Waals surface area contributed by atoms with Crippen LogP contribution in [0.1, 0.15) is 37.4 Å². The van der Waals surface area contributed by atoms with Crippen LogP contribution in [0.25, 0.3) is 0 Å². The molecule has 2 nitrogen and oxygen atoms in total. The molecule has 1 aromatic rings. The van der Waals surface area contributed by atoms with Crippen molar-refractivity contribution in [2.24, 2.45) is 0 Å². The van der Waals surface area contributed by atoms with Crippen molar-refractivity contribution in [3.05, 3.63) is 42.8 Å². The molecule has 1 radical (unpaired) electrons. The van der Waals surface area contributed by atoms with E-state index in [0.29, 0.717) is 0 Å². The van der Waals surface area contributed by atoms with Gasteiger partial charge < -0.3 is 9.47 Å². The summed E-state index contributed by atoms with van der Waals surface area (Å²) in [7, 11) is 0. The van der Waals surface area contributed by atoms with E-state index in [0.717, 1.165) is 12.8 Å². The number of hydrogen-bond donors (Lipinski definition) is 0. The van der Waals surface area contributed by atoms with Crippen LogP contribution in [0.2, 0.25) is 0 Å². The monoisotopic (exact) mass is 217 g/mol. The van der Waals surface area contributed by atoms with Crippen molar-refractivity contribution in [1.29, 1.82) is 0 Å². The second-order valence-corrected chi connectivity index (χ2v) is 4.72. The number of hydrogen-bond acceptors (Lipinski definition) is 2. The first-order chi connectivity index (χ1) is 7.79. The number of ether oxygens (including phenoxy) is 2. The lowest BCUT2D eigenvalue weighted by Crippen LogP contribution is -2.26. The summed E-state index contributed by atoms with van der Waals surface area (Å²) in [6, 6.07) is 10.2. The Hall–Kier alpha value is -0.860. The Morgan fingerprint density at radius 3 is 2.44 bits per heavy atom. The molecule has 0 aromatic heterocycles. The normalized spacial score (nSPS) is 32.3. The van der Waals surface area contributed by atoms with Gasteiger partial charge in [0.1, 0.15) is 6.10 Å². The lowest BCUT2D eigenvalue weighted by Gasteiger charge is -2.21. The number of rotatable bonds is 1. The summed E-state index contributed by atoms with van der Waals surface area (Å²) in [5.41, 5.74) is 1.17. The van der Waals surface area contributed by atoms with Gasteiger partial charge in [-0.15, -0.1) is 0 Å². The van der Waals surface area contributed by atoms with Crippen molar-refractivity contribution in [2.45, 2.75) is 43.7 Å². The van der Waals surface area contributed by atoms with Crippen molar-refractivity contribution >= 4 is 0 Å². The largest absolute Gasteiger partial charge is 0.344 e. The predicted octanol–water partition coefficient (Wildman–Crippen LogP) is 3.25. The zero-order valence-corrected chi connectivity index (χ0v) is 9.39. The van der Waals surface area contributed by atoms with Crippen molar-refractivity contribution in [3.63, 3.8) is 0 Å². The van der Waals surface area contributed by atoms with E-state index in [9.17, 15) is 0 Å². The van der Waals surface area contributed by atoms with Gasteiger partial charge in [0.05, 0.1) is 6.10 Å². The van der Waals surface area contributed by atoms with E-state index in [2.05, 4.69) is 19.1 Å². The predicted molar refractivity (Wildman–Crippen MR) is 61.7 cm³/mol. The molecule has 0 amide bonds. The van der Waals surface area contributed by atoms with E-state index in [-0.39, 0.29) is 18.0 Å². The maximum absolute atomic E-state index is 6.12. The van der Waals surface area contributed by atoms with Gasteiger partial charge >= 0.3 is 0 Å². The van der Waals surface area contributed by atoms with Gasteiger partial charge in [0.2, 0.25) is 0 Å². The molecular formula is C14H17O2. The molecule has 0 N–H and O–H groups in total. The molecule has 2 heteroatoms. The molecule has 85 valence electrons. The smallest absolute Gasteiger partial charge is 0.169 e. The van der Waals surface area contributed by atoms with E-state index in [1.54, 1.807) is 0 Å². The van der Waals surface area contributed by atoms with Gasteiger partial charge in [-0.25, -0.2) is 0 Å². The summed E-state index contributed by atoms with van der Waals surface area (Å²) in [6.07, 6.45) is 4.35. The number of benzene rings is 1. The molecule has 1 spiro atoms. The van der Waals surface area contributed by atoms with Crippen molar-refractivity contribution in [2.75, 3.05) is 0 Å². The molecule has 3 rings (SSSR count). The highest BCUT2D eigenvalue weighted by Gasteiger charge is 2.47. The van der Waals surface area contributed by atoms with Gasteiger partial charge in [0.15, 0.2) is 5.79 Å². The molecule has 1 saturated heterocycles. The Morgan fingerprint density at radius 2 is 1.75 bits per heavy atom. The van der Waals surface area contributed by atoms with Crippen LogP contribution in [0.3, 0.4) is 0 Å². The Kier molecular flexibility index (Phi) is 2.49. The van der Waals surface area contributed by atoms with Gasteiger partial charge in [-0.1, -0.05) is 30.3 Å². The first-order valence-corrected chi connectivity index (χ1v) is 6.03. The fourth-order valence-electron chi connectivity index (χ4n) is 2.75. The molecule has 2 aliphatic rings. The van der Waals surface area contributed by atoms with Crippen LogP contribution in [-0.2, 0) is 9.47 Å². The van der Waals surface area contributed by atoms with Crippen LogP contribution >= 0.6 is 0 Å². The van der Waals surface area contributed by atoms with Crippen LogP contribution in [0.5, 0.6) is 0 Å². The minimum absolute atomic E-state index is 0.000648. The molecule has 0 bridgehead atoms. The quantitative estimate of drug-likeness (QED) is 0.719. The average molecular weight is 217 g/mol. The Morgan fingerprint density at radius 1 is 1.06 bits per heavy atom. The topological polar surface area (TPSA) is 18.5 Å². The summed E-state index contributed by atoms with van der Waals surface area (Å²) in [4.78, 5) is 0. The standard InChI is InChI=1S/C14H17O2/c1-11-13(12-7-3-2-4-8-12)16-14(15-11)9-5-6-10-14/h2-4,7-8,11,13H,1,5-6,9-10H2. The zero-order chi connectivity index (χ0) is 11.0. The lowest BCUT2D eigenvalue weighted by atomic mass is 10.1. The summed E-state index contributed by atoms with van der Waals surface area (Å²) in [6.45, 7) is 4.07. The SMILES string of the molecule is [CH2]C1OC2(CCCC2)OC1c1ccccc1. The van der Waals surface area contributed by atoms with E-state index in [4.69, 9.17) is 9.47 Å². The van der Waals surface area contributed by atoms with Gasteiger partial charge in [-0.2, -0.15) is 0 Å². The summed E-state index contributed by atoms with van der Waals surface area (Å²) in [5, 5.41) is 0. The maximum Gasteiger partial charge on any atom is 0.169 e. The van der Waals surface area contributed by atoms with Crippen LogP contribution in [0.15, 0.2) is 30.3 Å².